The molecule has 3 nitrogen and oxygen atoms in total. The van der Waals surface area contributed by atoms with Gasteiger partial charge in [0.2, 0.25) is 0 Å². The molecule has 0 bridgehead atoms. The van der Waals surface area contributed by atoms with Gasteiger partial charge in [-0.2, -0.15) is 0 Å². The van der Waals surface area contributed by atoms with E-state index in [9.17, 15) is 4.79 Å². The van der Waals surface area contributed by atoms with Crippen molar-refractivity contribution in [3.63, 3.8) is 0 Å². The SMILES string of the molecule is COC(=O)c1ccc2c(c1)CNC[C@@H]2C.Cl. The van der Waals surface area contributed by atoms with Gasteiger partial charge in [-0.15, -0.1) is 12.4 Å². The summed E-state index contributed by atoms with van der Waals surface area (Å²) in [7, 11) is 1.41. The van der Waals surface area contributed by atoms with Crippen molar-refractivity contribution in [2.45, 2.75) is 19.4 Å². The monoisotopic (exact) mass is 241 g/mol. The van der Waals surface area contributed by atoms with E-state index in [2.05, 4.69) is 12.2 Å². The highest BCUT2D eigenvalue weighted by molar-refractivity contribution is 5.89. The third-order valence-electron chi connectivity index (χ3n) is 2.86. The topological polar surface area (TPSA) is 38.3 Å². The standard InChI is InChI=1S/C12H15NO2.ClH/c1-8-6-13-7-10-5-9(12(14)15-2)3-4-11(8)10;/h3-5,8,13H,6-7H2,1-2H3;1H/t8-;/m0./s1. The van der Waals surface area contributed by atoms with Gasteiger partial charge in [0.1, 0.15) is 0 Å². The Hall–Kier alpha value is -1.06. The zero-order valence-electron chi connectivity index (χ0n) is 9.45. The molecular formula is C12H16ClNO2. The van der Waals surface area contributed by atoms with Crippen molar-refractivity contribution in [1.82, 2.24) is 5.32 Å². The van der Waals surface area contributed by atoms with Crippen LogP contribution in [0.4, 0.5) is 0 Å². The van der Waals surface area contributed by atoms with E-state index in [1.165, 1.54) is 18.2 Å². The number of halogens is 1. The van der Waals surface area contributed by atoms with E-state index in [-0.39, 0.29) is 18.4 Å². The first-order chi connectivity index (χ1) is 7.22. The summed E-state index contributed by atoms with van der Waals surface area (Å²) in [6, 6.07) is 5.80. The van der Waals surface area contributed by atoms with Crippen LogP contribution in [0, 0.1) is 0 Å². The summed E-state index contributed by atoms with van der Waals surface area (Å²) in [6.07, 6.45) is 0. The highest BCUT2D eigenvalue weighted by Gasteiger charge is 2.17. The first-order valence-electron chi connectivity index (χ1n) is 5.14. The number of fused-ring (bicyclic) bond motifs is 1. The lowest BCUT2D eigenvalue weighted by atomic mass is 9.91. The molecule has 1 aliphatic rings. The second kappa shape index (κ2) is 5.32. The van der Waals surface area contributed by atoms with E-state index in [1.54, 1.807) is 0 Å². The minimum Gasteiger partial charge on any atom is -0.465 e. The van der Waals surface area contributed by atoms with Crippen LogP contribution in [-0.2, 0) is 11.3 Å². The Labute approximate surface area is 102 Å². The van der Waals surface area contributed by atoms with Crippen LogP contribution < -0.4 is 5.32 Å². The van der Waals surface area contributed by atoms with Gasteiger partial charge in [-0.05, 0) is 29.2 Å². The number of hydrogen-bond acceptors (Lipinski definition) is 3. The Kier molecular flexibility index (Phi) is 4.33. The van der Waals surface area contributed by atoms with E-state index in [4.69, 9.17) is 4.74 Å². The molecule has 16 heavy (non-hydrogen) atoms. The second-order valence-corrected chi connectivity index (χ2v) is 3.94. The van der Waals surface area contributed by atoms with Crippen LogP contribution in [0.15, 0.2) is 18.2 Å². The van der Waals surface area contributed by atoms with Gasteiger partial charge >= 0.3 is 5.97 Å². The number of hydrogen-bond donors (Lipinski definition) is 1. The van der Waals surface area contributed by atoms with E-state index in [0.29, 0.717) is 11.5 Å². The van der Waals surface area contributed by atoms with E-state index < -0.39 is 0 Å². The minimum absolute atomic E-state index is 0. The number of methoxy groups -OCH3 is 1. The molecule has 0 aromatic heterocycles. The molecule has 0 saturated carbocycles. The highest BCUT2D eigenvalue weighted by Crippen LogP contribution is 2.24. The van der Waals surface area contributed by atoms with Crippen LogP contribution in [0.3, 0.4) is 0 Å². The maximum atomic E-state index is 11.3. The summed E-state index contributed by atoms with van der Waals surface area (Å²) >= 11 is 0. The molecule has 0 saturated heterocycles. The van der Waals surface area contributed by atoms with Crippen molar-refractivity contribution in [3.8, 4) is 0 Å². The predicted octanol–water partition coefficient (Wildman–Crippen LogP) is 2.10. The number of rotatable bonds is 1. The lowest BCUT2D eigenvalue weighted by Crippen LogP contribution is -2.26. The Morgan fingerprint density at radius 2 is 2.25 bits per heavy atom. The Morgan fingerprint density at radius 1 is 1.50 bits per heavy atom. The number of ether oxygens (including phenoxy) is 1. The minimum atomic E-state index is -0.268. The van der Waals surface area contributed by atoms with Crippen molar-refractivity contribution < 1.29 is 9.53 Å². The zero-order chi connectivity index (χ0) is 10.8. The predicted molar refractivity (Wildman–Crippen MR) is 65.2 cm³/mol. The second-order valence-electron chi connectivity index (χ2n) is 3.94. The van der Waals surface area contributed by atoms with Gasteiger partial charge in [-0.3, -0.25) is 0 Å². The Bertz CT molecular complexity index is 393. The fourth-order valence-electron chi connectivity index (χ4n) is 2.02. The van der Waals surface area contributed by atoms with Crippen molar-refractivity contribution in [2.24, 2.45) is 0 Å². The lowest BCUT2D eigenvalue weighted by molar-refractivity contribution is 0.0600. The molecule has 1 aliphatic heterocycles. The van der Waals surface area contributed by atoms with Gasteiger partial charge in [0, 0.05) is 13.1 Å². The van der Waals surface area contributed by atoms with Gasteiger partial charge < -0.3 is 10.1 Å². The number of carbonyl (C=O) groups is 1. The molecule has 4 heteroatoms. The van der Waals surface area contributed by atoms with Gasteiger partial charge in [0.25, 0.3) is 0 Å². The molecule has 2 rings (SSSR count). The summed E-state index contributed by atoms with van der Waals surface area (Å²) in [6.45, 7) is 4.03. The molecule has 1 atom stereocenters. The molecule has 0 amide bonds. The summed E-state index contributed by atoms with van der Waals surface area (Å²) < 4.78 is 4.69. The van der Waals surface area contributed by atoms with Crippen molar-refractivity contribution in [1.29, 1.82) is 0 Å². The van der Waals surface area contributed by atoms with Crippen LogP contribution in [0.2, 0.25) is 0 Å². The number of benzene rings is 1. The first-order valence-corrected chi connectivity index (χ1v) is 5.14. The van der Waals surface area contributed by atoms with Crippen molar-refractivity contribution >= 4 is 18.4 Å². The smallest absolute Gasteiger partial charge is 0.337 e. The third kappa shape index (κ3) is 2.36. The summed E-state index contributed by atoms with van der Waals surface area (Å²) in [5.74, 6) is 0.247. The fraction of sp³-hybridized carbons (Fsp3) is 0.417. The van der Waals surface area contributed by atoms with Crippen LogP contribution >= 0.6 is 12.4 Å². The normalized spacial score (nSPS) is 18.2. The summed E-state index contributed by atoms with van der Waals surface area (Å²) in [4.78, 5) is 11.3. The molecule has 0 fully saturated rings. The maximum absolute atomic E-state index is 11.3. The van der Waals surface area contributed by atoms with Crippen LogP contribution in [0.25, 0.3) is 0 Å². The molecule has 1 heterocycles. The molecule has 1 aromatic rings. The summed E-state index contributed by atoms with van der Waals surface area (Å²) in [5.41, 5.74) is 3.17. The molecule has 88 valence electrons. The zero-order valence-corrected chi connectivity index (χ0v) is 10.3. The Morgan fingerprint density at radius 3 is 2.94 bits per heavy atom. The number of esters is 1. The molecule has 0 aliphatic carbocycles. The molecule has 0 radical (unpaired) electrons. The average Bonchev–Trinajstić information content (AvgIpc) is 2.28. The van der Waals surface area contributed by atoms with Gasteiger partial charge in [-0.25, -0.2) is 4.79 Å². The lowest BCUT2D eigenvalue weighted by Gasteiger charge is -2.23. The number of carbonyl (C=O) groups excluding carboxylic acids is 1. The van der Waals surface area contributed by atoms with Crippen molar-refractivity contribution in [3.05, 3.63) is 34.9 Å². The van der Waals surface area contributed by atoms with E-state index in [0.717, 1.165) is 13.1 Å². The van der Waals surface area contributed by atoms with Crippen LogP contribution in [0.5, 0.6) is 0 Å². The van der Waals surface area contributed by atoms with Gasteiger partial charge in [-0.1, -0.05) is 13.0 Å². The van der Waals surface area contributed by atoms with Gasteiger partial charge in [0.05, 0.1) is 12.7 Å². The quantitative estimate of drug-likeness (QED) is 0.766. The number of nitrogens with one attached hydrogen (secondary N) is 1. The average molecular weight is 242 g/mol. The first kappa shape index (κ1) is 13.0. The van der Waals surface area contributed by atoms with Crippen LogP contribution in [-0.4, -0.2) is 19.6 Å². The Balaban J connectivity index is 0.00000128. The fourth-order valence-corrected chi connectivity index (χ4v) is 2.02. The summed E-state index contributed by atoms with van der Waals surface area (Å²) in [5, 5.41) is 3.32. The van der Waals surface area contributed by atoms with Crippen LogP contribution in [0.1, 0.15) is 34.3 Å². The molecular weight excluding hydrogens is 226 g/mol. The highest BCUT2D eigenvalue weighted by atomic mass is 35.5. The largest absolute Gasteiger partial charge is 0.465 e. The third-order valence-corrected chi connectivity index (χ3v) is 2.86. The molecule has 1 aromatic carbocycles. The van der Waals surface area contributed by atoms with Crippen molar-refractivity contribution in [2.75, 3.05) is 13.7 Å². The van der Waals surface area contributed by atoms with E-state index >= 15 is 0 Å². The van der Waals surface area contributed by atoms with Gasteiger partial charge in [0.15, 0.2) is 0 Å². The maximum Gasteiger partial charge on any atom is 0.337 e. The molecule has 0 spiro atoms. The molecule has 1 N–H and O–H groups in total. The van der Waals surface area contributed by atoms with E-state index in [1.807, 2.05) is 18.2 Å². The molecule has 0 unspecified atom stereocenters.